The maximum atomic E-state index is 12.1. The van der Waals surface area contributed by atoms with Gasteiger partial charge < -0.3 is 10.1 Å². The normalized spacial score (nSPS) is 11.6. The molecular weight excluding hydrogens is 308 g/mol. The topological polar surface area (TPSA) is 81.5 Å². The van der Waals surface area contributed by atoms with E-state index in [-0.39, 0.29) is 11.6 Å². The van der Waals surface area contributed by atoms with E-state index in [2.05, 4.69) is 5.32 Å². The van der Waals surface area contributed by atoms with Crippen molar-refractivity contribution in [2.24, 2.45) is 0 Å². The second kappa shape index (κ2) is 8.10. The number of aryl methyl sites for hydroxylation is 1. The molecule has 0 saturated carbocycles. The average molecular weight is 328 g/mol. The highest BCUT2D eigenvalue weighted by Crippen LogP contribution is 2.23. The fourth-order valence-electron chi connectivity index (χ4n) is 2.28. The largest absolute Gasteiger partial charge is 0.481 e. The molecule has 0 aliphatic heterocycles. The van der Waals surface area contributed by atoms with E-state index in [1.807, 2.05) is 30.3 Å². The van der Waals surface area contributed by atoms with Gasteiger partial charge in [0, 0.05) is 18.2 Å². The van der Waals surface area contributed by atoms with Crippen LogP contribution in [0.25, 0.3) is 0 Å². The van der Waals surface area contributed by atoms with Crippen LogP contribution in [-0.2, 0) is 11.2 Å². The lowest BCUT2D eigenvalue weighted by Gasteiger charge is -2.15. The maximum absolute atomic E-state index is 12.1. The molecule has 0 bridgehead atoms. The molecule has 0 spiro atoms. The van der Waals surface area contributed by atoms with E-state index in [9.17, 15) is 14.9 Å². The molecule has 0 unspecified atom stereocenters. The highest BCUT2D eigenvalue weighted by molar-refractivity contribution is 5.80. The maximum Gasteiger partial charge on any atom is 0.272 e. The summed E-state index contributed by atoms with van der Waals surface area (Å²) in [5.41, 5.74) is 1.67. The van der Waals surface area contributed by atoms with Crippen molar-refractivity contribution in [1.29, 1.82) is 0 Å². The molecule has 1 atom stereocenters. The summed E-state index contributed by atoms with van der Waals surface area (Å²) in [4.78, 5) is 22.4. The molecule has 0 aliphatic rings. The van der Waals surface area contributed by atoms with Gasteiger partial charge in [0.1, 0.15) is 5.75 Å². The number of nitrogens with zero attached hydrogens (tertiary/aromatic N) is 1. The number of hydrogen-bond donors (Lipinski definition) is 1. The van der Waals surface area contributed by atoms with Gasteiger partial charge in [-0.05, 0) is 38.0 Å². The SMILES string of the molecule is Cc1cc(O[C@@H](C)C(=O)NCCc2ccccc2)ccc1[N+](=O)[O-]. The lowest BCUT2D eigenvalue weighted by Crippen LogP contribution is -2.37. The number of carbonyl (C=O) groups excluding carboxylic acids is 1. The first-order valence-corrected chi connectivity index (χ1v) is 7.70. The minimum absolute atomic E-state index is 0.0299. The molecule has 0 aliphatic carbocycles. The van der Waals surface area contributed by atoms with Crippen molar-refractivity contribution in [1.82, 2.24) is 5.32 Å². The van der Waals surface area contributed by atoms with Crippen LogP contribution in [0.15, 0.2) is 48.5 Å². The van der Waals surface area contributed by atoms with E-state index in [0.717, 1.165) is 12.0 Å². The van der Waals surface area contributed by atoms with Crippen LogP contribution >= 0.6 is 0 Å². The zero-order valence-electron chi connectivity index (χ0n) is 13.7. The van der Waals surface area contributed by atoms with Gasteiger partial charge in [-0.3, -0.25) is 14.9 Å². The Bertz CT molecular complexity index is 716. The van der Waals surface area contributed by atoms with Crippen LogP contribution in [0.2, 0.25) is 0 Å². The molecule has 0 saturated heterocycles. The van der Waals surface area contributed by atoms with E-state index in [4.69, 9.17) is 4.74 Å². The Balaban J connectivity index is 1.85. The van der Waals surface area contributed by atoms with Crippen LogP contribution in [0.5, 0.6) is 5.75 Å². The Labute approximate surface area is 140 Å². The zero-order chi connectivity index (χ0) is 17.5. The predicted octanol–water partition coefficient (Wildman–Crippen LogP) is 3.03. The summed E-state index contributed by atoms with van der Waals surface area (Å²) < 4.78 is 5.56. The monoisotopic (exact) mass is 328 g/mol. The molecular formula is C18H20N2O4. The minimum Gasteiger partial charge on any atom is -0.481 e. The van der Waals surface area contributed by atoms with Crippen LogP contribution in [0.4, 0.5) is 5.69 Å². The summed E-state index contributed by atoms with van der Waals surface area (Å²) in [6, 6.07) is 14.3. The molecule has 6 heteroatoms. The number of nitro benzene ring substituents is 1. The lowest BCUT2D eigenvalue weighted by atomic mass is 10.1. The molecule has 2 rings (SSSR count). The quantitative estimate of drug-likeness (QED) is 0.625. The summed E-state index contributed by atoms with van der Waals surface area (Å²) in [5, 5.41) is 13.6. The number of ether oxygens (including phenoxy) is 1. The number of nitro groups is 1. The van der Waals surface area contributed by atoms with E-state index in [1.54, 1.807) is 19.9 Å². The number of benzene rings is 2. The molecule has 24 heavy (non-hydrogen) atoms. The van der Waals surface area contributed by atoms with Crippen molar-refractivity contribution in [3.63, 3.8) is 0 Å². The summed E-state index contributed by atoms with van der Waals surface area (Å²) in [6.07, 6.45) is 0.0669. The number of rotatable bonds is 7. The van der Waals surface area contributed by atoms with Crippen molar-refractivity contribution in [3.05, 3.63) is 69.8 Å². The Kier molecular flexibility index (Phi) is 5.89. The van der Waals surface area contributed by atoms with E-state index in [0.29, 0.717) is 17.9 Å². The first-order chi connectivity index (χ1) is 11.5. The van der Waals surface area contributed by atoms with Gasteiger partial charge >= 0.3 is 0 Å². The molecule has 126 valence electrons. The minimum atomic E-state index is -0.679. The van der Waals surface area contributed by atoms with Crippen LogP contribution in [0, 0.1) is 17.0 Å². The summed E-state index contributed by atoms with van der Waals surface area (Å²) in [6.45, 7) is 3.81. The fourth-order valence-corrected chi connectivity index (χ4v) is 2.28. The van der Waals surface area contributed by atoms with Crippen LogP contribution < -0.4 is 10.1 Å². The second-order valence-corrected chi connectivity index (χ2v) is 5.49. The Morgan fingerprint density at radius 1 is 1.25 bits per heavy atom. The molecule has 0 fully saturated rings. The van der Waals surface area contributed by atoms with Gasteiger partial charge in [0.25, 0.3) is 11.6 Å². The Morgan fingerprint density at radius 3 is 2.58 bits per heavy atom. The molecule has 1 amide bonds. The van der Waals surface area contributed by atoms with Crippen molar-refractivity contribution in [2.75, 3.05) is 6.54 Å². The Morgan fingerprint density at radius 2 is 1.96 bits per heavy atom. The van der Waals surface area contributed by atoms with Crippen molar-refractivity contribution < 1.29 is 14.5 Å². The van der Waals surface area contributed by atoms with Crippen LogP contribution in [0.3, 0.4) is 0 Å². The summed E-state index contributed by atoms with van der Waals surface area (Å²) >= 11 is 0. The number of hydrogen-bond acceptors (Lipinski definition) is 4. The number of carbonyl (C=O) groups is 1. The molecule has 6 nitrogen and oxygen atoms in total. The summed E-state index contributed by atoms with van der Waals surface area (Å²) in [5.74, 6) is 0.214. The third kappa shape index (κ3) is 4.81. The van der Waals surface area contributed by atoms with Gasteiger partial charge in [0.05, 0.1) is 4.92 Å². The van der Waals surface area contributed by atoms with E-state index >= 15 is 0 Å². The number of amides is 1. The van der Waals surface area contributed by atoms with Crippen LogP contribution in [-0.4, -0.2) is 23.5 Å². The predicted molar refractivity (Wildman–Crippen MR) is 91.1 cm³/mol. The summed E-state index contributed by atoms with van der Waals surface area (Å²) in [7, 11) is 0. The third-order valence-electron chi connectivity index (χ3n) is 3.60. The highest BCUT2D eigenvalue weighted by atomic mass is 16.6. The van der Waals surface area contributed by atoms with Gasteiger partial charge in [-0.1, -0.05) is 30.3 Å². The highest BCUT2D eigenvalue weighted by Gasteiger charge is 2.16. The van der Waals surface area contributed by atoms with Crippen molar-refractivity contribution in [2.45, 2.75) is 26.4 Å². The van der Waals surface area contributed by atoms with Gasteiger partial charge in [0.15, 0.2) is 6.10 Å². The lowest BCUT2D eigenvalue weighted by molar-refractivity contribution is -0.385. The molecule has 0 radical (unpaired) electrons. The van der Waals surface area contributed by atoms with Gasteiger partial charge in [-0.25, -0.2) is 0 Å². The average Bonchev–Trinajstić information content (AvgIpc) is 2.55. The molecule has 0 aromatic heterocycles. The van der Waals surface area contributed by atoms with Gasteiger partial charge in [0.2, 0.25) is 0 Å². The third-order valence-corrected chi connectivity index (χ3v) is 3.60. The van der Waals surface area contributed by atoms with Gasteiger partial charge in [-0.2, -0.15) is 0 Å². The zero-order valence-corrected chi connectivity index (χ0v) is 13.7. The first-order valence-electron chi connectivity index (χ1n) is 7.70. The Hall–Kier alpha value is -2.89. The van der Waals surface area contributed by atoms with E-state index in [1.165, 1.54) is 12.1 Å². The molecule has 0 heterocycles. The van der Waals surface area contributed by atoms with Crippen molar-refractivity contribution in [3.8, 4) is 5.75 Å². The second-order valence-electron chi connectivity index (χ2n) is 5.49. The van der Waals surface area contributed by atoms with Crippen LogP contribution in [0.1, 0.15) is 18.1 Å². The number of nitrogens with one attached hydrogen (secondary N) is 1. The fraction of sp³-hybridized carbons (Fsp3) is 0.278. The molecule has 1 N–H and O–H groups in total. The first kappa shape index (κ1) is 17.5. The molecule has 2 aromatic carbocycles. The molecule has 2 aromatic rings. The standard InChI is InChI=1S/C18H20N2O4/c1-13-12-16(8-9-17(13)20(22)23)24-14(2)18(21)19-11-10-15-6-4-3-5-7-15/h3-9,12,14H,10-11H2,1-2H3,(H,19,21)/t14-/m0/s1. The van der Waals surface area contributed by atoms with E-state index < -0.39 is 11.0 Å². The van der Waals surface area contributed by atoms with Crippen molar-refractivity contribution >= 4 is 11.6 Å². The smallest absolute Gasteiger partial charge is 0.272 e. The van der Waals surface area contributed by atoms with Gasteiger partial charge in [-0.15, -0.1) is 0 Å².